The normalized spacial score (nSPS) is 14.9. The summed E-state index contributed by atoms with van der Waals surface area (Å²) in [5.74, 6) is -0.191. The van der Waals surface area contributed by atoms with Gasteiger partial charge in [-0.2, -0.15) is 5.26 Å². The van der Waals surface area contributed by atoms with Gasteiger partial charge in [0.25, 0.3) is 0 Å². The standard InChI is InChI=1S/C25H29FN8O2/c1-15(29-24(35)36-25(2,3)4)21(16-8-9-16)31-23-20(26)12-17(14-27)22(32-23)30-18-6-5-7-19(13-18)34-11-10-28-33-34/h5-7,10-13,15-16,21H,8-9H2,1-4H3,(H,29,35)(H2,30,31,32)/t15-,21-/m0/s1. The van der Waals surface area contributed by atoms with Gasteiger partial charge in [-0.1, -0.05) is 11.3 Å². The van der Waals surface area contributed by atoms with E-state index < -0.39 is 17.5 Å². The molecule has 10 nitrogen and oxygen atoms in total. The number of ether oxygens (including phenoxy) is 1. The van der Waals surface area contributed by atoms with Gasteiger partial charge in [-0.05, 0) is 70.7 Å². The number of carbonyl (C=O) groups excluding carboxylic acids is 1. The van der Waals surface area contributed by atoms with Gasteiger partial charge in [0.05, 0.1) is 29.7 Å². The third-order valence-corrected chi connectivity index (χ3v) is 5.61. The number of benzene rings is 1. The van der Waals surface area contributed by atoms with Gasteiger partial charge in [-0.25, -0.2) is 18.9 Å². The Morgan fingerprint density at radius 3 is 2.69 bits per heavy atom. The molecule has 1 aliphatic rings. The fraction of sp³-hybridized carbons (Fsp3) is 0.400. The van der Waals surface area contributed by atoms with Crippen molar-refractivity contribution in [2.75, 3.05) is 10.6 Å². The first kappa shape index (κ1) is 24.9. The van der Waals surface area contributed by atoms with Crippen molar-refractivity contribution in [2.24, 2.45) is 5.92 Å². The van der Waals surface area contributed by atoms with Crippen LogP contribution in [0.1, 0.15) is 46.1 Å². The van der Waals surface area contributed by atoms with E-state index in [0.29, 0.717) is 5.69 Å². The second-order valence-electron chi connectivity index (χ2n) is 9.79. The molecule has 0 unspecified atom stereocenters. The van der Waals surface area contributed by atoms with E-state index in [9.17, 15) is 14.4 Å². The van der Waals surface area contributed by atoms with Crippen LogP contribution in [0.25, 0.3) is 5.69 Å². The quantitative estimate of drug-likeness (QED) is 0.418. The summed E-state index contributed by atoms with van der Waals surface area (Å²) in [4.78, 5) is 16.7. The smallest absolute Gasteiger partial charge is 0.407 e. The number of nitrogens with one attached hydrogen (secondary N) is 3. The minimum Gasteiger partial charge on any atom is -0.444 e. The molecular weight excluding hydrogens is 463 g/mol. The van der Waals surface area contributed by atoms with Crippen LogP contribution in [0.5, 0.6) is 0 Å². The van der Waals surface area contributed by atoms with Crippen molar-refractivity contribution in [1.29, 1.82) is 5.26 Å². The van der Waals surface area contributed by atoms with Crippen molar-refractivity contribution in [1.82, 2.24) is 25.3 Å². The Kier molecular flexibility index (Phi) is 7.05. The predicted octanol–water partition coefficient (Wildman–Crippen LogP) is 4.52. The summed E-state index contributed by atoms with van der Waals surface area (Å²) in [5, 5.41) is 26.5. The number of hydrogen-bond donors (Lipinski definition) is 3. The summed E-state index contributed by atoms with van der Waals surface area (Å²) < 4.78 is 21.9. The number of halogens is 1. The number of alkyl carbamates (subject to hydrolysis) is 1. The van der Waals surface area contributed by atoms with Crippen LogP contribution in [-0.4, -0.2) is 43.8 Å². The van der Waals surface area contributed by atoms with Crippen molar-refractivity contribution in [3.8, 4) is 11.8 Å². The first-order valence-electron chi connectivity index (χ1n) is 11.7. The lowest BCUT2D eigenvalue weighted by Gasteiger charge is -2.28. The maximum atomic E-state index is 15.0. The molecule has 3 N–H and O–H groups in total. The van der Waals surface area contributed by atoms with Gasteiger partial charge >= 0.3 is 6.09 Å². The van der Waals surface area contributed by atoms with E-state index in [2.05, 4.69) is 31.2 Å². The summed E-state index contributed by atoms with van der Waals surface area (Å²) >= 11 is 0. The van der Waals surface area contributed by atoms with E-state index in [-0.39, 0.29) is 35.2 Å². The van der Waals surface area contributed by atoms with Gasteiger partial charge in [0.2, 0.25) is 0 Å². The van der Waals surface area contributed by atoms with Gasteiger partial charge in [0, 0.05) is 11.7 Å². The van der Waals surface area contributed by atoms with Gasteiger partial charge in [-0.3, -0.25) is 0 Å². The molecule has 3 aromatic rings. The molecule has 11 heteroatoms. The highest BCUT2D eigenvalue weighted by Gasteiger charge is 2.37. The number of nitrogens with zero attached hydrogens (tertiary/aromatic N) is 5. The molecule has 0 aliphatic heterocycles. The van der Waals surface area contributed by atoms with Gasteiger partial charge in [0.15, 0.2) is 17.5 Å². The highest BCUT2D eigenvalue weighted by atomic mass is 19.1. The summed E-state index contributed by atoms with van der Waals surface area (Å²) in [6.45, 7) is 7.22. The largest absolute Gasteiger partial charge is 0.444 e. The Labute approximate surface area is 208 Å². The van der Waals surface area contributed by atoms with E-state index in [4.69, 9.17) is 4.74 Å². The first-order valence-corrected chi connectivity index (χ1v) is 11.7. The highest BCUT2D eigenvalue weighted by molar-refractivity contribution is 5.69. The Bertz CT molecular complexity index is 1260. The fourth-order valence-electron chi connectivity index (χ4n) is 3.83. The molecule has 36 heavy (non-hydrogen) atoms. The van der Waals surface area contributed by atoms with Crippen LogP contribution in [0.15, 0.2) is 42.7 Å². The van der Waals surface area contributed by atoms with Crippen molar-refractivity contribution >= 4 is 23.4 Å². The number of nitriles is 1. The van der Waals surface area contributed by atoms with Crippen LogP contribution in [0, 0.1) is 23.1 Å². The van der Waals surface area contributed by atoms with E-state index in [1.807, 2.05) is 31.2 Å². The topological polar surface area (TPSA) is 130 Å². The minimum atomic E-state index is -0.649. The molecule has 0 bridgehead atoms. The molecule has 1 aliphatic carbocycles. The number of rotatable bonds is 8. The van der Waals surface area contributed by atoms with E-state index in [1.165, 1.54) is 0 Å². The van der Waals surface area contributed by atoms with Crippen molar-refractivity contribution < 1.29 is 13.9 Å². The third kappa shape index (κ3) is 6.27. The Morgan fingerprint density at radius 2 is 2.06 bits per heavy atom. The highest BCUT2D eigenvalue weighted by Crippen LogP contribution is 2.36. The molecule has 4 rings (SSSR count). The van der Waals surface area contributed by atoms with Crippen LogP contribution in [0.2, 0.25) is 0 Å². The van der Waals surface area contributed by atoms with Crippen LogP contribution in [0.3, 0.4) is 0 Å². The maximum Gasteiger partial charge on any atom is 0.407 e. The molecule has 1 saturated carbocycles. The minimum absolute atomic E-state index is 0.00123. The molecule has 1 fully saturated rings. The monoisotopic (exact) mass is 492 g/mol. The molecule has 2 heterocycles. The van der Waals surface area contributed by atoms with Crippen molar-refractivity contribution in [3.05, 3.63) is 54.1 Å². The third-order valence-electron chi connectivity index (χ3n) is 5.61. The average Bonchev–Trinajstić information content (AvgIpc) is 3.49. The number of amides is 1. The summed E-state index contributed by atoms with van der Waals surface area (Å²) in [5.41, 5.74) is 0.835. The molecule has 1 amide bonds. The zero-order chi connectivity index (χ0) is 25.9. The Morgan fingerprint density at radius 1 is 1.28 bits per heavy atom. The molecule has 2 aromatic heterocycles. The van der Waals surface area contributed by atoms with Gasteiger partial charge in [-0.15, -0.1) is 5.10 Å². The number of aromatic nitrogens is 4. The summed E-state index contributed by atoms with van der Waals surface area (Å²) in [6, 6.07) is 9.82. The second kappa shape index (κ2) is 10.2. The van der Waals surface area contributed by atoms with Crippen LogP contribution in [-0.2, 0) is 4.74 Å². The van der Waals surface area contributed by atoms with Crippen LogP contribution < -0.4 is 16.0 Å². The molecule has 0 spiro atoms. The van der Waals surface area contributed by atoms with Crippen LogP contribution >= 0.6 is 0 Å². The Balaban J connectivity index is 1.55. The molecule has 0 saturated heterocycles. The van der Waals surface area contributed by atoms with Crippen LogP contribution in [0.4, 0.5) is 26.5 Å². The van der Waals surface area contributed by atoms with E-state index in [0.717, 1.165) is 24.6 Å². The number of hydrogen-bond acceptors (Lipinski definition) is 8. The maximum absolute atomic E-state index is 15.0. The first-order chi connectivity index (χ1) is 17.1. The predicted molar refractivity (Wildman–Crippen MR) is 133 cm³/mol. The fourth-order valence-corrected chi connectivity index (χ4v) is 3.83. The molecule has 1 aromatic carbocycles. The molecule has 2 atom stereocenters. The second-order valence-corrected chi connectivity index (χ2v) is 9.79. The molecule has 188 valence electrons. The molecular formula is C25H29FN8O2. The zero-order valence-corrected chi connectivity index (χ0v) is 20.6. The van der Waals surface area contributed by atoms with E-state index in [1.54, 1.807) is 43.9 Å². The number of carbonyl (C=O) groups is 1. The van der Waals surface area contributed by atoms with Crippen molar-refractivity contribution in [2.45, 2.75) is 58.2 Å². The lowest BCUT2D eigenvalue weighted by molar-refractivity contribution is 0.0501. The SMILES string of the molecule is C[C@H](NC(=O)OC(C)(C)C)[C@H](Nc1nc(Nc2cccc(-n3ccnn3)c2)c(C#N)cc1F)C1CC1. The van der Waals surface area contributed by atoms with E-state index >= 15 is 0 Å². The van der Waals surface area contributed by atoms with Gasteiger partial charge in [0.1, 0.15) is 11.7 Å². The Hall–Kier alpha value is -4.20. The summed E-state index contributed by atoms with van der Waals surface area (Å²) in [6.07, 6.45) is 4.65. The van der Waals surface area contributed by atoms with Crippen molar-refractivity contribution in [3.63, 3.8) is 0 Å². The number of pyridine rings is 1. The van der Waals surface area contributed by atoms with Gasteiger partial charge < -0.3 is 20.7 Å². The zero-order valence-electron chi connectivity index (χ0n) is 20.6. The molecule has 0 radical (unpaired) electrons. The average molecular weight is 493 g/mol. The lowest BCUT2D eigenvalue weighted by Crippen LogP contribution is -2.47. The number of anilines is 3. The lowest BCUT2D eigenvalue weighted by atomic mass is 10.0. The summed E-state index contributed by atoms with van der Waals surface area (Å²) in [7, 11) is 0.